The average Bonchev–Trinajstić information content (AvgIpc) is 3.23. The molecule has 0 bridgehead atoms. The molecule has 0 spiro atoms. The molecule has 3 aromatic heterocycles. The van der Waals surface area contributed by atoms with Gasteiger partial charge >= 0.3 is 0 Å². The Bertz CT molecular complexity index is 1280. The van der Waals surface area contributed by atoms with E-state index in [0.717, 1.165) is 60.2 Å². The van der Waals surface area contributed by atoms with Crippen LogP contribution in [0.15, 0.2) is 48.9 Å². The fourth-order valence-corrected chi connectivity index (χ4v) is 4.36. The lowest BCUT2D eigenvalue weighted by molar-refractivity contribution is 0.415. The second-order valence-corrected chi connectivity index (χ2v) is 8.23. The predicted octanol–water partition coefficient (Wildman–Crippen LogP) is 3.67. The number of aryl methyl sites for hydroxylation is 1. The molecule has 1 aromatic carbocycles. The molecule has 1 aliphatic heterocycles. The summed E-state index contributed by atoms with van der Waals surface area (Å²) in [5.41, 5.74) is 10.7. The van der Waals surface area contributed by atoms with E-state index in [-0.39, 0.29) is 0 Å². The van der Waals surface area contributed by atoms with Crippen molar-refractivity contribution in [3.05, 3.63) is 59.5 Å². The average molecular weight is 450 g/mol. The van der Waals surface area contributed by atoms with Gasteiger partial charge in [-0.1, -0.05) is 11.6 Å². The highest BCUT2D eigenvalue weighted by Crippen LogP contribution is 2.33. The van der Waals surface area contributed by atoms with E-state index in [9.17, 15) is 0 Å². The molecule has 164 valence electrons. The minimum Gasteiger partial charge on any atom is -0.495 e. The van der Waals surface area contributed by atoms with Gasteiger partial charge in [0.25, 0.3) is 0 Å². The van der Waals surface area contributed by atoms with Crippen molar-refractivity contribution in [3.8, 4) is 17.0 Å². The zero-order valence-electron chi connectivity index (χ0n) is 18.0. The SMILES string of the molecule is COc1cc(C)c(-c2cn3ccc(N4CCN(c5ccnc(N)n5)CC4)cc3n2)cc1Cl. The van der Waals surface area contributed by atoms with Crippen molar-refractivity contribution in [2.45, 2.75) is 6.92 Å². The van der Waals surface area contributed by atoms with Gasteiger partial charge in [0, 0.05) is 62.1 Å². The van der Waals surface area contributed by atoms with Crippen LogP contribution >= 0.6 is 11.6 Å². The molecule has 0 aliphatic carbocycles. The van der Waals surface area contributed by atoms with Crippen LogP contribution in [0.3, 0.4) is 0 Å². The number of anilines is 3. The Morgan fingerprint density at radius 2 is 1.81 bits per heavy atom. The Hall–Kier alpha value is -3.52. The normalized spacial score (nSPS) is 14.2. The van der Waals surface area contributed by atoms with Crippen molar-refractivity contribution in [2.75, 3.05) is 48.8 Å². The quantitative estimate of drug-likeness (QED) is 0.508. The first-order valence-corrected chi connectivity index (χ1v) is 10.8. The van der Waals surface area contributed by atoms with Crippen LogP contribution in [0.2, 0.25) is 5.02 Å². The van der Waals surface area contributed by atoms with E-state index in [1.807, 2.05) is 35.7 Å². The number of aromatic nitrogens is 4. The van der Waals surface area contributed by atoms with Gasteiger partial charge in [-0.15, -0.1) is 0 Å². The number of hydrogen-bond donors (Lipinski definition) is 1. The van der Waals surface area contributed by atoms with Crippen LogP contribution in [-0.2, 0) is 0 Å². The minimum atomic E-state index is 0.305. The maximum atomic E-state index is 6.36. The molecule has 0 unspecified atom stereocenters. The van der Waals surface area contributed by atoms with Gasteiger partial charge < -0.3 is 24.7 Å². The third-order valence-corrected chi connectivity index (χ3v) is 6.14. The van der Waals surface area contributed by atoms with E-state index in [4.69, 9.17) is 27.1 Å². The Morgan fingerprint density at radius 3 is 2.56 bits per heavy atom. The van der Waals surface area contributed by atoms with Crippen LogP contribution < -0.4 is 20.3 Å². The Labute approximate surface area is 191 Å². The number of nitrogen functional groups attached to an aromatic ring is 1. The molecule has 2 N–H and O–H groups in total. The number of methoxy groups -OCH3 is 1. The third kappa shape index (κ3) is 3.78. The number of nitrogens with two attached hydrogens (primary N) is 1. The number of pyridine rings is 1. The summed E-state index contributed by atoms with van der Waals surface area (Å²) >= 11 is 6.36. The van der Waals surface area contributed by atoms with Gasteiger partial charge in [-0.2, -0.15) is 4.98 Å². The number of nitrogens with zero attached hydrogens (tertiary/aromatic N) is 6. The lowest BCUT2D eigenvalue weighted by atomic mass is 10.1. The summed E-state index contributed by atoms with van der Waals surface area (Å²) in [5, 5.41) is 0.578. The van der Waals surface area contributed by atoms with Crippen molar-refractivity contribution >= 4 is 34.7 Å². The number of rotatable bonds is 4. The molecule has 0 radical (unpaired) electrons. The van der Waals surface area contributed by atoms with Crippen molar-refractivity contribution in [1.82, 2.24) is 19.4 Å². The summed E-state index contributed by atoms with van der Waals surface area (Å²) in [6.45, 7) is 5.55. The second kappa shape index (κ2) is 8.20. The Kier molecular flexibility index (Phi) is 5.22. The van der Waals surface area contributed by atoms with Crippen LogP contribution in [0, 0.1) is 6.92 Å². The molecule has 1 fully saturated rings. The fourth-order valence-electron chi connectivity index (χ4n) is 4.12. The Balaban J connectivity index is 1.37. The van der Waals surface area contributed by atoms with Crippen molar-refractivity contribution in [1.29, 1.82) is 0 Å². The molecule has 1 aliphatic rings. The van der Waals surface area contributed by atoms with Gasteiger partial charge in [0.2, 0.25) is 5.95 Å². The summed E-state index contributed by atoms with van der Waals surface area (Å²) in [5.74, 6) is 1.85. The minimum absolute atomic E-state index is 0.305. The molecule has 32 heavy (non-hydrogen) atoms. The Morgan fingerprint density at radius 1 is 1.03 bits per heavy atom. The summed E-state index contributed by atoms with van der Waals surface area (Å²) < 4.78 is 7.36. The van der Waals surface area contributed by atoms with E-state index in [2.05, 4.69) is 38.1 Å². The first kappa shape index (κ1) is 20.4. The zero-order chi connectivity index (χ0) is 22.2. The van der Waals surface area contributed by atoms with Gasteiger partial charge in [0.05, 0.1) is 17.8 Å². The van der Waals surface area contributed by atoms with E-state index < -0.39 is 0 Å². The van der Waals surface area contributed by atoms with Crippen LogP contribution in [0.25, 0.3) is 16.9 Å². The van der Waals surface area contributed by atoms with Crippen LogP contribution in [0.4, 0.5) is 17.5 Å². The summed E-state index contributed by atoms with van der Waals surface area (Å²) in [6.07, 6.45) is 5.78. The summed E-state index contributed by atoms with van der Waals surface area (Å²) in [6, 6.07) is 10.0. The van der Waals surface area contributed by atoms with Crippen molar-refractivity contribution in [3.63, 3.8) is 0 Å². The maximum absolute atomic E-state index is 6.36. The topological polar surface area (TPSA) is 84.8 Å². The molecular formula is C23H24ClN7O. The smallest absolute Gasteiger partial charge is 0.221 e. The van der Waals surface area contributed by atoms with Crippen LogP contribution in [0.5, 0.6) is 5.75 Å². The number of hydrogen-bond acceptors (Lipinski definition) is 7. The van der Waals surface area contributed by atoms with E-state index in [0.29, 0.717) is 16.7 Å². The maximum Gasteiger partial charge on any atom is 0.221 e. The van der Waals surface area contributed by atoms with E-state index in [1.165, 1.54) is 0 Å². The molecule has 8 nitrogen and oxygen atoms in total. The number of halogens is 1. The fraction of sp³-hybridized carbons (Fsp3) is 0.261. The van der Waals surface area contributed by atoms with Gasteiger partial charge in [-0.25, -0.2) is 9.97 Å². The number of benzene rings is 1. The second-order valence-electron chi connectivity index (χ2n) is 7.83. The molecule has 5 rings (SSSR count). The van der Waals surface area contributed by atoms with Gasteiger partial charge in [-0.05, 0) is 36.8 Å². The van der Waals surface area contributed by atoms with Crippen LogP contribution in [0.1, 0.15) is 5.56 Å². The number of fused-ring (bicyclic) bond motifs is 1. The molecular weight excluding hydrogens is 426 g/mol. The lowest BCUT2D eigenvalue weighted by Gasteiger charge is -2.36. The molecule has 0 saturated carbocycles. The monoisotopic (exact) mass is 449 g/mol. The highest BCUT2D eigenvalue weighted by Gasteiger charge is 2.19. The molecule has 1 saturated heterocycles. The van der Waals surface area contributed by atoms with Gasteiger partial charge in [-0.3, -0.25) is 0 Å². The zero-order valence-corrected chi connectivity index (χ0v) is 18.8. The molecule has 4 aromatic rings. The highest BCUT2D eigenvalue weighted by atomic mass is 35.5. The summed E-state index contributed by atoms with van der Waals surface area (Å²) in [7, 11) is 1.62. The van der Waals surface area contributed by atoms with E-state index in [1.54, 1.807) is 13.3 Å². The molecule has 4 heterocycles. The van der Waals surface area contributed by atoms with Gasteiger partial charge in [0.15, 0.2) is 0 Å². The standard InChI is InChI=1S/C23H24ClN7O/c1-15-11-20(32-2)18(24)13-17(15)19-14-31-6-4-16(12-22(31)27-19)29-7-9-30(10-8-29)21-3-5-26-23(25)28-21/h3-6,11-14H,7-10H2,1-2H3,(H2,25,26,28). The predicted molar refractivity (Wildman–Crippen MR) is 128 cm³/mol. The highest BCUT2D eigenvalue weighted by molar-refractivity contribution is 6.32. The van der Waals surface area contributed by atoms with E-state index >= 15 is 0 Å². The first-order valence-electron chi connectivity index (χ1n) is 10.4. The van der Waals surface area contributed by atoms with Crippen molar-refractivity contribution in [2.24, 2.45) is 0 Å². The number of imidazole rings is 1. The molecule has 0 amide bonds. The largest absolute Gasteiger partial charge is 0.495 e. The van der Waals surface area contributed by atoms with Gasteiger partial charge in [0.1, 0.15) is 17.2 Å². The molecule has 0 atom stereocenters. The van der Waals surface area contributed by atoms with Crippen molar-refractivity contribution < 1.29 is 4.74 Å². The third-order valence-electron chi connectivity index (χ3n) is 5.85. The number of piperazine rings is 1. The lowest BCUT2D eigenvalue weighted by Crippen LogP contribution is -2.46. The molecule has 9 heteroatoms. The number of ether oxygens (including phenoxy) is 1. The van der Waals surface area contributed by atoms with Crippen LogP contribution in [-0.4, -0.2) is 52.6 Å². The first-order chi connectivity index (χ1) is 15.5. The summed E-state index contributed by atoms with van der Waals surface area (Å²) in [4.78, 5) is 17.8.